The van der Waals surface area contributed by atoms with Crippen molar-refractivity contribution in [2.75, 3.05) is 13.1 Å². The molecule has 0 amide bonds. The van der Waals surface area contributed by atoms with Gasteiger partial charge in [0.2, 0.25) is 0 Å². The van der Waals surface area contributed by atoms with Crippen LogP contribution in [0.5, 0.6) is 11.5 Å². The summed E-state index contributed by atoms with van der Waals surface area (Å²) in [5.41, 5.74) is 1.20. The Morgan fingerprint density at radius 3 is 2.52 bits per heavy atom. The third kappa shape index (κ3) is 3.69. The van der Waals surface area contributed by atoms with Crippen LogP contribution in [0.2, 0.25) is 0 Å². The Balaban J connectivity index is 1.57. The van der Waals surface area contributed by atoms with E-state index in [2.05, 4.69) is 33.0 Å². The largest absolute Gasteiger partial charge is 0.457 e. The van der Waals surface area contributed by atoms with Crippen LogP contribution >= 0.6 is 0 Å². The van der Waals surface area contributed by atoms with Gasteiger partial charge in [-0.15, -0.1) is 5.10 Å². The van der Waals surface area contributed by atoms with Crippen molar-refractivity contribution in [1.29, 1.82) is 0 Å². The van der Waals surface area contributed by atoms with Crippen LogP contribution in [0.3, 0.4) is 0 Å². The molecule has 1 aromatic heterocycles. The minimum atomic E-state index is 0.133. The van der Waals surface area contributed by atoms with Crippen molar-refractivity contribution in [3.05, 3.63) is 66.5 Å². The fraction of sp³-hybridized carbons (Fsp3) is 0.316. The van der Waals surface area contributed by atoms with Crippen LogP contribution in [0.15, 0.2) is 60.9 Å². The van der Waals surface area contributed by atoms with E-state index in [-0.39, 0.29) is 6.04 Å². The van der Waals surface area contributed by atoms with Crippen LogP contribution in [0.25, 0.3) is 0 Å². The highest BCUT2D eigenvalue weighted by atomic mass is 16.5. The van der Waals surface area contributed by atoms with Crippen LogP contribution in [-0.2, 0) is 0 Å². The van der Waals surface area contributed by atoms with Crippen molar-refractivity contribution < 1.29 is 4.74 Å². The molecule has 1 aliphatic heterocycles. The summed E-state index contributed by atoms with van der Waals surface area (Å²) >= 11 is 0. The molecule has 3 aromatic rings. The Morgan fingerprint density at radius 2 is 1.84 bits per heavy atom. The zero-order valence-corrected chi connectivity index (χ0v) is 14.0. The Labute approximate surface area is 146 Å². The first kappa shape index (κ1) is 15.8. The number of hydrogen-bond acceptors (Lipinski definition) is 5. The lowest BCUT2D eigenvalue weighted by molar-refractivity contribution is 0.278. The van der Waals surface area contributed by atoms with E-state index in [4.69, 9.17) is 4.74 Å². The molecule has 4 rings (SSSR count). The molecule has 0 radical (unpaired) electrons. The van der Waals surface area contributed by atoms with E-state index in [0.717, 1.165) is 24.6 Å². The second-order valence-electron chi connectivity index (χ2n) is 6.33. The molecule has 0 spiro atoms. The SMILES string of the molecule is c1ccc(Oc2ccc(C([C@H]3CCCNC3)n3cnnn3)cc2)cc1. The van der Waals surface area contributed by atoms with Crippen LogP contribution in [0.4, 0.5) is 0 Å². The van der Waals surface area contributed by atoms with Gasteiger partial charge in [0.1, 0.15) is 17.8 Å². The van der Waals surface area contributed by atoms with E-state index in [1.54, 1.807) is 6.33 Å². The molecule has 0 aliphatic carbocycles. The predicted molar refractivity (Wildman–Crippen MR) is 94.5 cm³/mol. The number of piperidine rings is 1. The quantitative estimate of drug-likeness (QED) is 0.776. The normalized spacial score (nSPS) is 18.6. The van der Waals surface area contributed by atoms with E-state index in [0.29, 0.717) is 5.92 Å². The van der Waals surface area contributed by atoms with Crippen molar-refractivity contribution in [2.24, 2.45) is 5.92 Å². The lowest BCUT2D eigenvalue weighted by atomic mass is 9.87. The average molecular weight is 335 g/mol. The van der Waals surface area contributed by atoms with E-state index in [9.17, 15) is 0 Å². The molecular formula is C19H21N5O. The molecule has 1 N–H and O–H groups in total. The summed E-state index contributed by atoms with van der Waals surface area (Å²) in [6, 6.07) is 18.2. The third-order valence-corrected chi connectivity index (χ3v) is 4.63. The van der Waals surface area contributed by atoms with Gasteiger partial charge in [-0.05, 0) is 65.6 Å². The maximum Gasteiger partial charge on any atom is 0.138 e. The second-order valence-corrected chi connectivity index (χ2v) is 6.33. The molecule has 1 aliphatic rings. The van der Waals surface area contributed by atoms with Crippen LogP contribution < -0.4 is 10.1 Å². The lowest BCUT2D eigenvalue weighted by Gasteiger charge is -2.30. The lowest BCUT2D eigenvalue weighted by Crippen LogP contribution is -2.36. The van der Waals surface area contributed by atoms with Gasteiger partial charge in [-0.25, -0.2) is 4.68 Å². The smallest absolute Gasteiger partial charge is 0.138 e. The number of nitrogens with one attached hydrogen (secondary N) is 1. The predicted octanol–water partition coefficient (Wildman–Crippen LogP) is 3.05. The molecule has 25 heavy (non-hydrogen) atoms. The molecule has 1 fully saturated rings. The standard InChI is InChI=1S/C19H21N5O/c1-2-6-17(7-3-1)25-18-10-8-15(9-11-18)19(24-14-21-22-23-24)16-5-4-12-20-13-16/h1-3,6-11,14,16,19-20H,4-5,12-13H2/t16-,19?/m0/s1. The van der Waals surface area contributed by atoms with Gasteiger partial charge in [0.15, 0.2) is 0 Å². The number of rotatable bonds is 5. The molecular weight excluding hydrogens is 314 g/mol. The summed E-state index contributed by atoms with van der Waals surface area (Å²) in [5.74, 6) is 2.13. The Hall–Kier alpha value is -2.73. The zero-order valence-electron chi connectivity index (χ0n) is 14.0. The number of nitrogens with zero attached hydrogens (tertiary/aromatic N) is 4. The number of ether oxygens (including phenoxy) is 1. The summed E-state index contributed by atoms with van der Waals surface area (Å²) in [6.07, 6.45) is 4.05. The van der Waals surface area contributed by atoms with Gasteiger partial charge >= 0.3 is 0 Å². The number of tetrazole rings is 1. The number of aromatic nitrogens is 4. The minimum absolute atomic E-state index is 0.133. The van der Waals surface area contributed by atoms with Gasteiger partial charge in [0.25, 0.3) is 0 Å². The Kier molecular flexibility index (Phi) is 4.70. The monoisotopic (exact) mass is 335 g/mol. The number of hydrogen-bond donors (Lipinski definition) is 1. The van der Waals surface area contributed by atoms with E-state index < -0.39 is 0 Å². The molecule has 2 heterocycles. The van der Waals surface area contributed by atoms with Crippen LogP contribution in [-0.4, -0.2) is 33.3 Å². The molecule has 2 aromatic carbocycles. The molecule has 6 nitrogen and oxygen atoms in total. The summed E-state index contributed by atoms with van der Waals surface area (Å²) in [6.45, 7) is 2.06. The fourth-order valence-electron chi connectivity index (χ4n) is 3.44. The first-order valence-corrected chi connectivity index (χ1v) is 8.66. The number of benzene rings is 2. The topological polar surface area (TPSA) is 64.9 Å². The third-order valence-electron chi connectivity index (χ3n) is 4.63. The maximum absolute atomic E-state index is 5.89. The highest BCUT2D eigenvalue weighted by Crippen LogP contribution is 2.32. The van der Waals surface area contributed by atoms with Gasteiger partial charge in [0, 0.05) is 6.54 Å². The van der Waals surface area contributed by atoms with E-state index in [1.165, 1.54) is 18.4 Å². The van der Waals surface area contributed by atoms with Crippen LogP contribution in [0, 0.1) is 5.92 Å². The fourth-order valence-corrected chi connectivity index (χ4v) is 3.44. The van der Waals surface area contributed by atoms with Gasteiger partial charge in [-0.1, -0.05) is 30.3 Å². The summed E-state index contributed by atoms with van der Waals surface area (Å²) in [4.78, 5) is 0. The van der Waals surface area contributed by atoms with E-state index >= 15 is 0 Å². The van der Waals surface area contributed by atoms with Crippen molar-refractivity contribution in [3.8, 4) is 11.5 Å². The maximum atomic E-state index is 5.89. The molecule has 6 heteroatoms. The zero-order chi connectivity index (χ0) is 16.9. The van der Waals surface area contributed by atoms with Crippen molar-refractivity contribution in [3.63, 3.8) is 0 Å². The summed E-state index contributed by atoms with van der Waals surface area (Å²) < 4.78 is 7.76. The van der Waals surface area contributed by atoms with Gasteiger partial charge < -0.3 is 10.1 Å². The first-order chi connectivity index (χ1) is 12.4. The molecule has 2 atom stereocenters. The molecule has 1 unspecified atom stereocenters. The Bertz CT molecular complexity index is 767. The molecule has 128 valence electrons. The van der Waals surface area contributed by atoms with Crippen molar-refractivity contribution >= 4 is 0 Å². The Morgan fingerprint density at radius 1 is 1.04 bits per heavy atom. The van der Waals surface area contributed by atoms with Crippen LogP contribution in [0.1, 0.15) is 24.4 Å². The van der Waals surface area contributed by atoms with Crippen molar-refractivity contribution in [1.82, 2.24) is 25.5 Å². The van der Waals surface area contributed by atoms with Gasteiger partial charge in [-0.2, -0.15) is 0 Å². The van der Waals surface area contributed by atoms with Crippen molar-refractivity contribution in [2.45, 2.75) is 18.9 Å². The first-order valence-electron chi connectivity index (χ1n) is 8.66. The minimum Gasteiger partial charge on any atom is -0.457 e. The average Bonchev–Trinajstić information content (AvgIpc) is 3.19. The number of para-hydroxylation sites is 1. The van der Waals surface area contributed by atoms with Gasteiger partial charge in [0.05, 0.1) is 6.04 Å². The summed E-state index contributed by atoms with van der Waals surface area (Å²) in [5, 5.41) is 15.3. The second kappa shape index (κ2) is 7.44. The highest BCUT2D eigenvalue weighted by Gasteiger charge is 2.27. The van der Waals surface area contributed by atoms with E-state index in [1.807, 2.05) is 47.1 Å². The molecule has 0 bridgehead atoms. The van der Waals surface area contributed by atoms with Gasteiger partial charge in [-0.3, -0.25) is 0 Å². The highest BCUT2D eigenvalue weighted by molar-refractivity contribution is 5.34. The summed E-state index contributed by atoms with van der Waals surface area (Å²) in [7, 11) is 0. The molecule has 0 saturated carbocycles. The molecule has 1 saturated heterocycles.